The van der Waals surface area contributed by atoms with E-state index in [1.54, 1.807) is 42.5 Å². The summed E-state index contributed by atoms with van der Waals surface area (Å²) < 4.78 is 32.7. The maximum Gasteiger partial charge on any atom is 0.264 e. The van der Waals surface area contributed by atoms with Crippen molar-refractivity contribution in [3.8, 4) is 5.75 Å². The summed E-state index contributed by atoms with van der Waals surface area (Å²) in [7, 11) is -2.23. The number of ketones is 1. The van der Waals surface area contributed by atoms with Crippen molar-refractivity contribution >= 4 is 21.5 Å². The van der Waals surface area contributed by atoms with Gasteiger partial charge < -0.3 is 4.74 Å². The lowest BCUT2D eigenvalue weighted by atomic mass is 10.1. The zero-order chi connectivity index (χ0) is 17.3. The van der Waals surface area contributed by atoms with Crippen LogP contribution in [0.5, 0.6) is 5.75 Å². The monoisotopic (exact) mass is 345 g/mol. The molecule has 1 aliphatic rings. The third-order valence-electron chi connectivity index (χ3n) is 4.15. The van der Waals surface area contributed by atoms with E-state index < -0.39 is 10.0 Å². The average Bonchev–Trinajstić information content (AvgIpc) is 2.74. The van der Waals surface area contributed by atoms with E-state index in [9.17, 15) is 13.2 Å². The van der Waals surface area contributed by atoms with Crippen molar-refractivity contribution < 1.29 is 17.9 Å². The Labute approximate surface area is 141 Å². The number of nitrogens with zero attached hydrogens (tertiary/aromatic N) is 1. The van der Waals surface area contributed by atoms with E-state index in [-0.39, 0.29) is 17.2 Å². The molecule has 0 fully saturated rings. The summed E-state index contributed by atoms with van der Waals surface area (Å²) in [5.41, 5.74) is 1.79. The Kier molecular flexibility index (Phi) is 4.32. The minimum absolute atomic E-state index is 0.0470. The SMILES string of the molecule is COc1ccc2c(c1)N(S(=O)(=O)c1ccc(C)cc1)CCCC2=O. The molecule has 0 bridgehead atoms. The van der Waals surface area contributed by atoms with Crippen LogP contribution in [0, 0.1) is 6.92 Å². The molecule has 0 aliphatic carbocycles. The fraction of sp³-hybridized carbons (Fsp3) is 0.278. The molecule has 0 aromatic heterocycles. The molecule has 0 saturated carbocycles. The molecular weight excluding hydrogens is 326 g/mol. The van der Waals surface area contributed by atoms with E-state index in [0.717, 1.165) is 5.56 Å². The molecule has 3 rings (SSSR count). The predicted octanol–water partition coefficient (Wildman–Crippen LogP) is 3.18. The van der Waals surface area contributed by atoms with E-state index >= 15 is 0 Å². The number of carbonyl (C=O) groups excluding carboxylic acids is 1. The fourth-order valence-electron chi connectivity index (χ4n) is 2.81. The first-order valence-electron chi connectivity index (χ1n) is 7.74. The Morgan fingerprint density at radius 2 is 1.79 bits per heavy atom. The van der Waals surface area contributed by atoms with Crippen molar-refractivity contribution in [3.63, 3.8) is 0 Å². The summed E-state index contributed by atoms with van der Waals surface area (Å²) in [6.07, 6.45) is 0.820. The molecule has 2 aromatic carbocycles. The molecule has 126 valence electrons. The van der Waals surface area contributed by atoms with E-state index in [1.807, 2.05) is 6.92 Å². The quantitative estimate of drug-likeness (QED) is 0.857. The number of aryl methyl sites for hydroxylation is 1. The van der Waals surface area contributed by atoms with Gasteiger partial charge >= 0.3 is 0 Å². The van der Waals surface area contributed by atoms with Gasteiger partial charge in [-0.1, -0.05) is 17.7 Å². The molecule has 1 heterocycles. The summed E-state index contributed by atoms with van der Waals surface area (Å²) >= 11 is 0. The lowest BCUT2D eigenvalue weighted by Crippen LogP contribution is -2.32. The third kappa shape index (κ3) is 2.89. The summed E-state index contributed by atoms with van der Waals surface area (Å²) in [5.74, 6) is 0.474. The van der Waals surface area contributed by atoms with Gasteiger partial charge in [-0.15, -0.1) is 0 Å². The zero-order valence-electron chi connectivity index (χ0n) is 13.7. The van der Waals surface area contributed by atoms with Crippen LogP contribution in [0.2, 0.25) is 0 Å². The van der Waals surface area contributed by atoms with Crippen LogP contribution in [-0.4, -0.2) is 27.9 Å². The highest BCUT2D eigenvalue weighted by molar-refractivity contribution is 7.92. The van der Waals surface area contributed by atoms with Crippen LogP contribution in [0.25, 0.3) is 0 Å². The molecule has 0 amide bonds. The minimum atomic E-state index is -3.74. The van der Waals surface area contributed by atoms with Crippen LogP contribution < -0.4 is 9.04 Å². The van der Waals surface area contributed by atoms with Gasteiger partial charge in [0.25, 0.3) is 10.0 Å². The molecule has 0 spiro atoms. The minimum Gasteiger partial charge on any atom is -0.497 e. The maximum atomic E-state index is 13.1. The van der Waals surface area contributed by atoms with Gasteiger partial charge in [0.2, 0.25) is 0 Å². The Bertz CT molecular complexity index is 872. The van der Waals surface area contributed by atoms with E-state index in [0.29, 0.717) is 29.8 Å². The van der Waals surface area contributed by atoms with Gasteiger partial charge in [0.15, 0.2) is 5.78 Å². The first-order valence-corrected chi connectivity index (χ1v) is 9.18. The third-order valence-corrected chi connectivity index (χ3v) is 5.98. The molecule has 0 saturated heterocycles. The molecule has 24 heavy (non-hydrogen) atoms. The number of hydrogen-bond donors (Lipinski definition) is 0. The van der Waals surface area contributed by atoms with Crippen LogP contribution in [0.3, 0.4) is 0 Å². The highest BCUT2D eigenvalue weighted by Crippen LogP contribution is 2.34. The van der Waals surface area contributed by atoms with E-state index in [2.05, 4.69) is 0 Å². The fourth-order valence-corrected chi connectivity index (χ4v) is 4.32. The van der Waals surface area contributed by atoms with Gasteiger partial charge in [-0.05, 0) is 37.6 Å². The summed E-state index contributed by atoms with van der Waals surface area (Å²) in [5, 5.41) is 0. The van der Waals surface area contributed by atoms with Gasteiger partial charge in [-0.3, -0.25) is 9.10 Å². The second-order valence-corrected chi connectivity index (χ2v) is 7.66. The van der Waals surface area contributed by atoms with Gasteiger partial charge in [0, 0.05) is 24.6 Å². The summed E-state index contributed by atoms with van der Waals surface area (Å²) in [6, 6.07) is 11.7. The Morgan fingerprint density at radius 3 is 2.46 bits per heavy atom. The predicted molar refractivity (Wildman–Crippen MR) is 92.3 cm³/mol. The molecule has 1 aliphatic heterocycles. The number of ether oxygens (including phenoxy) is 1. The van der Waals surface area contributed by atoms with Gasteiger partial charge in [0.1, 0.15) is 5.75 Å². The van der Waals surface area contributed by atoms with Crippen molar-refractivity contribution in [2.45, 2.75) is 24.7 Å². The number of rotatable bonds is 3. The maximum absolute atomic E-state index is 13.1. The number of hydrogen-bond acceptors (Lipinski definition) is 4. The number of carbonyl (C=O) groups is 1. The van der Waals surface area contributed by atoms with E-state index in [1.165, 1.54) is 11.4 Å². The van der Waals surface area contributed by atoms with Crippen LogP contribution >= 0.6 is 0 Å². The number of methoxy groups -OCH3 is 1. The summed E-state index contributed by atoms with van der Waals surface area (Å²) in [6.45, 7) is 2.17. The normalized spacial score (nSPS) is 14.9. The van der Waals surface area contributed by atoms with Gasteiger partial charge in [-0.25, -0.2) is 8.42 Å². The van der Waals surface area contributed by atoms with Crippen molar-refractivity contribution in [2.75, 3.05) is 18.0 Å². The number of benzene rings is 2. The first kappa shape index (κ1) is 16.5. The van der Waals surface area contributed by atoms with Crippen LogP contribution in [0.1, 0.15) is 28.8 Å². The Hall–Kier alpha value is -2.34. The topological polar surface area (TPSA) is 63.7 Å². The first-order chi connectivity index (χ1) is 11.4. The lowest BCUT2D eigenvalue weighted by Gasteiger charge is -2.24. The van der Waals surface area contributed by atoms with Crippen molar-refractivity contribution in [1.29, 1.82) is 0 Å². The standard InChI is InChI=1S/C18H19NO4S/c1-13-5-8-15(9-6-13)24(21,22)19-11-3-4-18(20)16-10-7-14(23-2)12-17(16)19/h5-10,12H,3-4,11H2,1-2H3. The Balaban J connectivity index is 2.15. The van der Waals surface area contributed by atoms with E-state index in [4.69, 9.17) is 4.74 Å². The molecule has 0 N–H and O–H groups in total. The number of sulfonamides is 1. The molecular formula is C18H19NO4S. The molecule has 6 heteroatoms. The van der Waals surface area contributed by atoms with Crippen molar-refractivity contribution in [2.24, 2.45) is 0 Å². The van der Waals surface area contributed by atoms with Crippen LogP contribution in [0.15, 0.2) is 47.4 Å². The number of Topliss-reactive ketones (excluding diaryl/α,β-unsaturated/α-hetero) is 1. The molecule has 0 unspecified atom stereocenters. The molecule has 0 atom stereocenters. The number of fused-ring (bicyclic) bond motifs is 1. The summed E-state index contributed by atoms with van der Waals surface area (Å²) in [4.78, 5) is 12.5. The molecule has 0 radical (unpaired) electrons. The largest absolute Gasteiger partial charge is 0.497 e. The Morgan fingerprint density at radius 1 is 1.08 bits per heavy atom. The van der Waals surface area contributed by atoms with Gasteiger partial charge in [0.05, 0.1) is 17.7 Å². The average molecular weight is 345 g/mol. The lowest BCUT2D eigenvalue weighted by molar-refractivity contribution is 0.0983. The van der Waals surface area contributed by atoms with Crippen molar-refractivity contribution in [3.05, 3.63) is 53.6 Å². The second kappa shape index (κ2) is 6.28. The molecule has 5 nitrogen and oxygen atoms in total. The second-order valence-electron chi connectivity index (χ2n) is 5.80. The molecule has 2 aromatic rings. The van der Waals surface area contributed by atoms with Crippen molar-refractivity contribution in [1.82, 2.24) is 0 Å². The van der Waals surface area contributed by atoms with Crippen LogP contribution in [0.4, 0.5) is 5.69 Å². The number of anilines is 1. The van der Waals surface area contributed by atoms with Gasteiger partial charge in [-0.2, -0.15) is 0 Å². The highest BCUT2D eigenvalue weighted by atomic mass is 32.2. The van der Waals surface area contributed by atoms with Crippen LogP contribution in [-0.2, 0) is 10.0 Å². The smallest absolute Gasteiger partial charge is 0.264 e. The zero-order valence-corrected chi connectivity index (χ0v) is 14.5. The highest BCUT2D eigenvalue weighted by Gasteiger charge is 2.30.